The summed E-state index contributed by atoms with van der Waals surface area (Å²) >= 11 is 0. The number of hydrogen-bond acceptors (Lipinski definition) is 3. The second kappa shape index (κ2) is 7.99. The molecule has 2 N–H and O–H groups in total. The Hall–Kier alpha value is -2.04. The van der Waals surface area contributed by atoms with Crippen LogP contribution in [0, 0.1) is 11.8 Å². The van der Waals surface area contributed by atoms with Crippen molar-refractivity contribution in [3.05, 3.63) is 29.8 Å². The van der Waals surface area contributed by atoms with Crippen LogP contribution in [0.5, 0.6) is 5.75 Å². The van der Waals surface area contributed by atoms with Crippen LogP contribution >= 0.6 is 0 Å². The van der Waals surface area contributed by atoms with Gasteiger partial charge in [0, 0.05) is 5.92 Å². The SMILES string of the molecule is CCC(NC(=O)C1CCCC(C(=O)O)C1)c1ccc(OC)cc1. The summed E-state index contributed by atoms with van der Waals surface area (Å²) in [7, 11) is 1.62. The van der Waals surface area contributed by atoms with E-state index in [4.69, 9.17) is 9.84 Å². The van der Waals surface area contributed by atoms with Gasteiger partial charge in [0.1, 0.15) is 5.75 Å². The van der Waals surface area contributed by atoms with Crippen molar-refractivity contribution >= 4 is 11.9 Å². The molecule has 0 aromatic heterocycles. The number of carbonyl (C=O) groups excluding carboxylic acids is 1. The Bertz CT molecular complexity index is 540. The van der Waals surface area contributed by atoms with Gasteiger partial charge in [0.25, 0.3) is 0 Å². The number of aliphatic carboxylic acids is 1. The van der Waals surface area contributed by atoms with E-state index in [9.17, 15) is 9.59 Å². The summed E-state index contributed by atoms with van der Waals surface area (Å²) < 4.78 is 5.15. The third kappa shape index (κ3) is 4.47. The van der Waals surface area contributed by atoms with Crippen LogP contribution in [0.4, 0.5) is 0 Å². The second-order valence-corrected chi connectivity index (χ2v) is 6.14. The van der Waals surface area contributed by atoms with E-state index in [1.807, 2.05) is 31.2 Å². The van der Waals surface area contributed by atoms with Crippen LogP contribution in [0.15, 0.2) is 24.3 Å². The third-order valence-electron chi connectivity index (χ3n) is 4.64. The Morgan fingerprint density at radius 2 is 1.91 bits per heavy atom. The average Bonchev–Trinajstić information content (AvgIpc) is 2.59. The number of nitrogens with one attached hydrogen (secondary N) is 1. The molecule has 3 unspecified atom stereocenters. The van der Waals surface area contributed by atoms with E-state index >= 15 is 0 Å². The molecule has 1 saturated carbocycles. The predicted octanol–water partition coefficient (Wildman–Crippen LogP) is 3.15. The molecule has 1 aliphatic carbocycles. The molecule has 1 aliphatic rings. The van der Waals surface area contributed by atoms with Gasteiger partial charge in [-0.3, -0.25) is 9.59 Å². The molecule has 3 atom stereocenters. The van der Waals surface area contributed by atoms with Crippen molar-refractivity contribution in [2.24, 2.45) is 11.8 Å². The maximum absolute atomic E-state index is 12.5. The van der Waals surface area contributed by atoms with Crippen molar-refractivity contribution in [2.45, 2.75) is 45.1 Å². The van der Waals surface area contributed by atoms with Crippen LogP contribution in [0.2, 0.25) is 0 Å². The number of hydrogen-bond donors (Lipinski definition) is 2. The van der Waals surface area contributed by atoms with E-state index < -0.39 is 5.97 Å². The lowest BCUT2D eigenvalue weighted by molar-refractivity contribution is -0.144. The minimum absolute atomic E-state index is 0.0291. The van der Waals surface area contributed by atoms with E-state index in [2.05, 4.69) is 5.32 Å². The Morgan fingerprint density at radius 3 is 2.48 bits per heavy atom. The Morgan fingerprint density at radius 1 is 1.26 bits per heavy atom. The van der Waals surface area contributed by atoms with Crippen molar-refractivity contribution in [1.29, 1.82) is 0 Å². The van der Waals surface area contributed by atoms with Gasteiger partial charge in [-0.1, -0.05) is 25.5 Å². The van der Waals surface area contributed by atoms with Gasteiger partial charge in [-0.15, -0.1) is 0 Å². The molecule has 1 amide bonds. The minimum Gasteiger partial charge on any atom is -0.497 e. The minimum atomic E-state index is -0.787. The topological polar surface area (TPSA) is 75.6 Å². The van der Waals surface area contributed by atoms with Gasteiger partial charge in [0.2, 0.25) is 5.91 Å². The van der Waals surface area contributed by atoms with Crippen molar-refractivity contribution < 1.29 is 19.4 Å². The van der Waals surface area contributed by atoms with Crippen LogP contribution in [0.1, 0.15) is 50.6 Å². The molecule has 5 heteroatoms. The first-order valence-corrected chi connectivity index (χ1v) is 8.22. The number of rotatable bonds is 6. The quantitative estimate of drug-likeness (QED) is 0.844. The fourth-order valence-corrected chi connectivity index (χ4v) is 3.20. The number of benzene rings is 1. The zero-order chi connectivity index (χ0) is 16.8. The van der Waals surface area contributed by atoms with Crippen LogP contribution in [0.3, 0.4) is 0 Å². The summed E-state index contributed by atoms with van der Waals surface area (Å²) in [6.45, 7) is 2.02. The fourth-order valence-electron chi connectivity index (χ4n) is 3.20. The number of carbonyl (C=O) groups is 2. The van der Waals surface area contributed by atoms with Crippen molar-refractivity contribution in [3.63, 3.8) is 0 Å². The first kappa shape index (κ1) is 17.3. The lowest BCUT2D eigenvalue weighted by Gasteiger charge is -2.28. The molecule has 0 saturated heterocycles. The third-order valence-corrected chi connectivity index (χ3v) is 4.64. The standard InChI is InChI=1S/C18H25NO4/c1-3-16(12-7-9-15(23-2)10-8-12)19-17(20)13-5-4-6-14(11-13)18(21)22/h7-10,13-14,16H,3-6,11H2,1-2H3,(H,19,20)(H,21,22). The van der Waals surface area contributed by atoms with Gasteiger partial charge in [0.05, 0.1) is 19.1 Å². The molecule has 0 aliphatic heterocycles. The van der Waals surface area contributed by atoms with E-state index in [-0.39, 0.29) is 23.8 Å². The molecule has 1 aromatic carbocycles. The van der Waals surface area contributed by atoms with Gasteiger partial charge in [-0.05, 0) is 43.4 Å². The highest BCUT2D eigenvalue weighted by Crippen LogP contribution is 2.30. The van der Waals surface area contributed by atoms with Crippen molar-refractivity contribution in [2.75, 3.05) is 7.11 Å². The molecule has 126 valence electrons. The zero-order valence-electron chi connectivity index (χ0n) is 13.7. The average molecular weight is 319 g/mol. The lowest BCUT2D eigenvalue weighted by atomic mass is 9.81. The van der Waals surface area contributed by atoms with Gasteiger partial charge >= 0.3 is 5.97 Å². The highest BCUT2D eigenvalue weighted by molar-refractivity contribution is 5.80. The number of methoxy groups -OCH3 is 1. The number of amides is 1. The van der Waals surface area contributed by atoms with Crippen molar-refractivity contribution in [1.82, 2.24) is 5.32 Å². The van der Waals surface area contributed by atoms with E-state index in [0.717, 1.165) is 30.6 Å². The summed E-state index contributed by atoms with van der Waals surface area (Å²) in [5.74, 6) is -0.618. The largest absolute Gasteiger partial charge is 0.497 e. The monoisotopic (exact) mass is 319 g/mol. The number of carboxylic acid groups (broad SMARTS) is 1. The number of carboxylic acids is 1. The molecule has 0 spiro atoms. The highest BCUT2D eigenvalue weighted by Gasteiger charge is 2.31. The lowest BCUT2D eigenvalue weighted by Crippen LogP contribution is -2.37. The van der Waals surface area contributed by atoms with Gasteiger partial charge < -0.3 is 15.2 Å². The smallest absolute Gasteiger partial charge is 0.306 e. The molecule has 1 aromatic rings. The van der Waals surface area contributed by atoms with Crippen LogP contribution in [-0.4, -0.2) is 24.1 Å². The van der Waals surface area contributed by atoms with Crippen LogP contribution in [0.25, 0.3) is 0 Å². The molecule has 1 fully saturated rings. The number of ether oxygens (including phenoxy) is 1. The predicted molar refractivity (Wildman–Crippen MR) is 87.3 cm³/mol. The summed E-state index contributed by atoms with van der Waals surface area (Å²) in [5, 5.41) is 12.2. The fraction of sp³-hybridized carbons (Fsp3) is 0.556. The molecule has 0 bridgehead atoms. The molecular weight excluding hydrogens is 294 g/mol. The van der Waals surface area contributed by atoms with Gasteiger partial charge in [-0.2, -0.15) is 0 Å². The summed E-state index contributed by atoms with van der Waals surface area (Å²) in [6, 6.07) is 7.61. The molecule has 0 radical (unpaired) electrons. The van der Waals surface area contributed by atoms with E-state index in [1.165, 1.54) is 0 Å². The zero-order valence-corrected chi connectivity index (χ0v) is 13.7. The first-order chi connectivity index (χ1) is 11.0. The normalized spacial score (nSPS) is 22.2. The van der Waals surface area contributed by atoms with E-state index in [0.29, 0.717) is 12.8 Å². The molecule has 5 nitrogen and oxygen atoms in total. The Labute approximate surface area is 137 Å². The van der Waals surface area contributed by atoms with E-state index in [1.54, 1.807) is 7.11 Å². The second-order valence-electron chi connectivity index (χ2n) is 6.14. The summed E-state index contributed by atoms with van der Waals surface area (Å²) in [6.07, 6.45) is 3.48. The van der Waals surface area contributed by atoms with Crippen LogP contribution < -0.4 is 10.1 Å². The molecule has 23 heavy (non-hydrogen) atoms. The molecular formula is C18H25NO4. The molecule has 0 heterocycles. The Kier molecular flexibility index (Phi) is 6.02. The van der Waals surface area contributed by atoms with Crippen LogP contribution in [-0.2, 0) is 9.59 Å². The maximum atomic E-state index is 12.5. The molecule has 2 rings (SSSR count). The summed E-state index contributed by atoms with van der Waals surface area (Å²) in [4.78, 5) is 23.6. The highest BCUT2D eigenvalue weighted by atomic mass is 16.5. The first-order valence-electron chi connectivity index (χ1n) is 8.22. The van der Waals surface area contributed by atoms with Crippen molar-refractivity contribution in [3.8, 4) is 5.75 Å². The summed E-state index contributed by atoms with van der Waals surface area (Å²) in [5.41, 5.74) is 1.03. The maximum Gasteiger partial charge on any atom is 0.306 e. The van der Waals surface area contributed by atoms with Gasteiger partial charge in [0.15, 0.2) is 0 Å². The Balaban J connectivity index is 1.99. The van der Waals surface area contributed by atoms with Gasteiger partial charge in [-0.25, -0.2) is 0 Å².